The van der Waals surface area contributed by atoms with E-state index in [9.17, 15) is 0 Å². The molecule has 3 heterocycles. The van der Waals surface area contributed by atoms with E-state index in [1.807, 2.05) is 36.4 Å². The Morgan fingerprint density at radius 3 is 1.59 bits per heavy atom. The number of furan rings is 1. The maximum absolute atomic E-state index is 6.54. The van der Waals surface area contributed by atoms with Crippen molar-refractivity contribution in [3.05, 3.63) is 243 Å². The molecule has 0 fully saturated rings. The van der Waals surface area contributed by atoms with Crippen LogP contribution >= 0.6 is 0 Å². The Labute approximate surface area is 392 Å². The summed E-state index contributed by atoms with van der Waals surface area (Å²) >= 11 is 0. The quantitative estimate of drug-likeness (QED) is 0.153. The molecule has 3 aromatic heterocycles. The fourth-order valence-corrected chi connectivity index (χ4v) is 9.80. The zero-order valence-electron chi connectivity index (χ0n) is 36.8. The second-order valence-corrected chi connectivity index (χ2v) is 17.2. The Morgan fingerprint density at radius 1 is 0.279 bits per heavy atom. The molecule has 0 N–H and O–H groups in total. The summed E-state index contributed by atoms with van der Waals surface area (Å²) in [5, 5.41) is 4.59. The monoisotopic (exact) mass is 868 g/mol. The Kier molecular flexibility index (Phi) is 9.43. The van der Waals surface area contributed by atoms with E-state index in [0.29, 0.717) is 17.5 Å². The van der Waals surface area contributed by atoms with E-state index in [1.54, 1.807) is 0 Å². The molecule has 0 aliphatic carbocycles. The van der Waals surface area contributed by atoms with Crippen LogP contribution in [0.15, 0.2) is 247 Å². The number of hydrogen-bond donors (Lipinski definition) is 0. The summed E-state index contributed by atoms with van der Waals surface area (Å²) < 4.78 is 8.92. The van der Waals surface area contributed by atoms with Crippen LogP contribution in [0.5, 0.6) is 0 Å². The van der Waals surface area contributed by atoms with Crippen LogP contribution in [-0.2, 0) is 0 Å². The van der Waals surface area contributed by atoms with Crippen molar-refractivity contribution in [2.75, 3.05) is 0 Å². The van der Waals surface area contributed by atoms with E-state index < -0.39 is 0 Å². The van der Waals surface area contributed by atoms with Crippen molar-refractivity contribution in [2.24, 2.45) is 0 Å². The normalized spacial score (nSPS) is 11.5. The van der Waals surface area contributed by atoms with E-state index in [2.05, 4.69) is 211 Å². The average molecular weight is 869 g/mol. The number of para-hydroxylation sites is 3. The highest BCUT2D eigenvalue weighted by Gasteiger charge is 2.21. The predicted molar refractivity (Wildman–Crippen MR) is 279 cm³/mol. The van der Waals surface area contributed by atoms with Crippen LogP contribution < -0.4 is 0 Å². The number of fused-ring (bicyclic) bond motifs is 6. The molecule has 0 atom stereocenters. The number of nitrogens with zero attached hydrogens (tertiary/aromatic N) is 4. The minimum atomic E-state index is 0.596. The number of aromatic nitrogens is 4. The van der Waals surface area contributed by atoms with Crippen LogP contribution in [0.4, 0.5) is 0 Å². The van der Waals surface area contributed by atoms with Crippen LogP contribution in [-0.4, -0.2) is 19.5 Å². The number of rotatable bonds is 8. The zero-order valence-corrected chi connectivity index (χ0v) is 36.8. The molecule has 0 spiro atoms. The molecule has 0 saturated carbocycles. The SMILES string of the molecule is c1ccc(-c2cccc(-c3cccc(-c4nc(-c5ccccc5)nc(-c5ccc(-n6c7ccccc7c7ccc(-c8cccc9c8oc8ccccc89)cc76)cc5-c5ccccc5)n4)c3)c2)cc1. The molecule has 0 amide bonds. The van der Waals surface area contributed by atoms with Crippen LogP contribution in [0, 0.1) is 0 Å². The maximum Gasteiger partial charge on any atom is 0.164 e. The predicted octanol–water partition coefficient (Wildman–Crippen LogP) is 16.5. The molecule has 5 nitrogen and oxygen atoms in total. The Balaban J connectivity index is 0.982. The molecule has 13 rings (SSSR count). The van der Waals surface area contributed by atoms with Crippen molar-refractivity contribution in [3.8, 4) is 84.4 Å². The molecule has 0 aliphatic heterocycles. The molecule has 0 saturated heterocycles. The Hall–Kier alpha value is -9.19. The Morgan fingerprint density at radius 2 is 0.824 bits per heavy atom. The van der Waals surface area contributed by atoms with Crippen LogP contribution in [0.1, 0.15) is 0 Å². The van der Waals surface area contributed by atoms with Gasteiger partial charge in [-0.2, -0.15) is 0 Å². The minimum Gasteiger partial charge on any atom is -0.455 e. The van der Waals surface area contributed by atoms with E-state index >= 15 is 0 Å². The van der Waals surface area contributed by atoms with Crippen molar-refractivity contribution in [1.82, 2.24) is 19.5 Å². The molecular formula is C63H40N4O. The van der Waals surface area contributed by atoms with Crippen molar-refractivity contribution in [1.29, 1.82) is 0 Å². The summed E-state index contributed by atoms with van der Waals surface area (Å²) in [5.41, 5.74) is 16.5. The van der Waals surface area contributed by atoms with Crippen molar-refractivity contribution >= 4 is 43.7 Å². The van der Waals surface area contributed by atoms with Gasteiger partial charge in [0.25, 0.3) is 0 Å². The van der Waals surface area contributed by atoms with Gasteiger partial charge in [0, 0.05) is 49.5 Å². The van der Waals surface area contributed by atoms with E-state index in [1.165, 1.54) is 21.9 Å². The zero-order chi connectivity index (χ0) is 45.0. The first kappa shape index (κ1) is 39.2. The third-order valence-corrected chi connectivity index (χ3v) is 13.1. The lowest BCUT2D eigenvalue weighted by molar-refractivity contribution is 0.670. The minimum absolute atomic E-state index is 0.596. The topological polar surface area (TPSA) is 56.7 Å². The average Bonchev–Trinajstić information content (AvgIpc) is 3.97. The molecule has 10 aromatic carbocycles. The highest BCUT2D eigenvalue weighted by Crippen LogP contribution is 2.41. The van der Waals surface area contributed by atoms with E-state index in [-0.39, 0.29) is 0 Å². The summed E-state index contributed by atoms with van der Waals surface area (Å²) in [7, 11) is 0. The first-order valence-electron chi connectivity index (χ1n) is 22.9. The second kappa shape index (κ2) is 16.4. The summed E-state index contributed by atoms with van der Waals surface area (Å²) in [4.78, 5) is 15.7. The molecule has 68 heavy (non-hydrogen) atoms. The molecule has 0 bridgehead atoms. The number of hydrogen-bond acceptors (Lipinski definition) is 4. The lowest BCUT2D eigenvalue weighted by atomic mass is 9.97. The standard InChI is InChI=1S/C63H40N4O/c1-4-17-41(18-5-1)44-23-14-24-45(37-44)46-25-15-26-48(38-46)62-64-61(43-21-8-3-9-22-43)65-63(66-62)55-36-34-49(40-56(55)42-19-6-2-7-20-42)67-57-31-12-10-27-51(57)52-35-33-47(39-58(52)67)50-29-16-30-54-53-28-11-13-32-59(53)68-60(50)54/h1-40H. The van der Waals surface area contributed by atoms with Gasteiger partial charge in [-0.25, -0.2) is 15.0 Å². The van der Waals surface area contributed by atoms with Crippen molar-refractivity contribution in [3.63, 3.8) is 0 Å². The van der Waals surface area contributed by atoms with Gasteiger partial charge in [-0.15, -0.1) is 0 Å². The third kappa shape index (κ3) is 6.84. The molecule has 0 aliphatic rings. The lowest BCUT2D eigenvalue weighted by Gasteiger charge is -2.16. The fraction of sp³-hybridized carbons (Fsp3) is 0. The highest BCUT2D eigenvalue weighted by molar-refractivity contribution is 6.13. The molecule has 318 valence electrons. The van der Waals surface area contributed by atoms with Gasteiger partial charge < -0.3 is 8.98 Å². The molecule has 5 heteroatoms. The Bertz CT molecular complexity index is 4020. The first-order chi connectivity index (χ1) is 33.7. The van der Waals surface area contributed by atoms with Crippen molar-refractivity contribution in [2.45, 2.75) is 0 Å². The molecule has 0 radical (unpaired) electrons. The second-order valence-electron chi connectivity index (χ2n) is 17.2. The highest BCUT2D eigenvalue weighted by atomic mass is 16.3. The van der Waals surface area contributed by atoms with Gasteiger partial charge in [-0.1, -0.05) is 194 Å². The lowest BCUT2D eigenvalue weighted by Crippen LogP contribution is -2.02. The largest absolute Gasteiger partial charge is 0.455 e. The van der Waals surface area contributed by atoms with Gasteiger partial charge >= 0.3 is 0 Å². The van der Waals surface area contributed by atoms with Gasteiger partial charge in [0.1, 0.15) is 11.2 Å². The molecular weight excluding hydrogens is 829 g/mol. The van der Waals surface area contributed by atoms with Gasteiger partial charge in [0.15, 0.2) is 17.5 Å². The summed E-state index contributed by atoms with van der Waals surface area (Å²) in [5.74, 6) is 1.81. The van der Waals surface area contributed by atoms with Gasteiger partial charge in [-0.3, -0.25) is 0 Å². The van der Waals surface area contributed by atoms with Gasteiger partial charge in [0.05, 0.1) is 11.0 Å². The van der Waals surface area contributed by atoms with Crippen LogP contribution in [0.3, 0.4) is 0 Å². The smallest absolute Gasteiger partial charge is 0.164 e. The first-order valence-corrected chi connectivity index (χ1v) is 22.9. The molecule has 13 aromatic rings. The third-order valence-electron chi connectivity index (χ3n) is 13.1. The van der Waals surface area contributed by atoms with Crippen LogP contribution in [0.25, 0.3) is 128 Å². The summed E-state index contributed by atoms with van der Waals surface area (Å²) in [6.45, 7) is 0. The van der Waals surface area contributed by atoms with Crippen LogP contribution in [0.2, 0.25) is 0 Å². The molecule has 0 unspecified atom stereocenters. The van der Waals surface area contributed by atoms with E-state index in [4.69, 9.17) is 19.4 Å². The van der Waals surface area contributed by atoms with Crippen molar-refractivity contribution < 1.29 is 4.42 Å². The van der Waals surface area contributed by atoms with Gasteiger partial charge in [0.2, 0.25) is 0 Å². The van der Waals surface area contributed by atoms with Gasteiger partial charge in [-0.05, 0) is 87.5 Å². The van der Waals surface area contributed by atoms with E-state index in [0.717, 1.165) is 88.7 Å². The summed E-state index contributed by atoms with van der Waals surface area (Å²) in [6.07, 6.45) is 0. The summed E-state index contributed by atoms with van der Waals surface area (Å²) in [6, 6.07) is 85.2. The maximum atomic E-state index is 6.54. The fourth-order valence-electron chi connectivity index (χ4n) is 9.80. The number of benzene rings is 10.